The van der Waals surface area contributed by atoms with Gasteiger partial charge in [0, 0.05) is 28.1 Å². The second-order valence-electron chi connectivity index (χ2n) is 4.41. The van der Waals surface area contributed by atoms with Gasteiger partial charge in [-0.15, -0.1) is 0 Å². The van der Waals surface area contributed by atoms with Crippen LogP contribution in [0.3, 0.4) is 0 Å². The Kier molecular flexibility index (Phi) is 3.26. The first kappa shape index (κ1) is 13.8. The summed E-state index contributed by atoms with van der Waals surface area (Å²) in [4.78, 5) is 17.3. The Balaban J connectivity index is 1.97. The first-order valence-corrected chi connectivity index (χ1v) is 8.81. The molecule has 1 aromatic heterocycles. The maximum atomic E-state index is 11.9. The summed E-state index contributed by atoms with van der Waals surface area (Å²) in [5.41, 5.74) is 1.10. The van der Waals surface area contributed by atoms with Crippen LogP contribution in [0.4, 0.5) is 6.01 Å². The minimum atomic E-state index is -3.78. The summed E-state index contributed by atoms with van der Waals surface area (Å²) in [6.07, 6.45) is -0.158. The van der Waals surface area contributed by atoms with Crippen molar-refractivity contribution in [2.75, 3.05) is 11.4 Å². The molecule has 9 heteroatoms. The normalized spacial score (nSPS) is 20.0. The number of hydrogen-bond acceptors (Lipinski definition) is 5. The smallest absolute Gasteiger partial charge is 0.305 e. The molecule has 6 nitrogen and oxygen atoms in total. The van der Waals surface area contributed by atoms with Crippen LogP contribution < -0.4 is 4.90 Å². The second kappa shape index (κ2) is 4.71. The fraction of sp³-hybridized carbons (Fsp3) is 0.273. The van der Waals surface area contributed by atoms with Gasteiger partial charge in [0.05, 0.1) is 0 Å². The molecular formula is C11H8BrClN2O4S. The highest BCUT2D eigenvalue weighted by Gasteiger charge is 2.40. The zero-order chi connectivity index (χ0) is 14.5. The first-order valence-electron chi connectivity index (χ1n) is 5.64. The maximum absolute atomic E-state index is 11.9. The van der Waals surface area contributed by atoms with Crippen molar-refractivity contribution in [2.24, 2.45) is 0 Å². The van der Waals surface area contributed by atoms with Crippen molar-refractivity contribution in [1.82, 2.24) is 4.98 Å². The third kappa shape index (κ3) is 2.43. The number of carbonyl (C=O) groups excluding carboxylic acids is 1. The lowest BCUT2D eigenvalue weighted by atomic mass is 10.3. The lowest BCUT2D eigenvalue weighted by Crippen LogP contribution is -2.26. The lowest BCUT2D eigenvalue weighted by Gasteiger charge is -2.09. The molecule has 0 spiro atoms. The summed E-state index contributed by atoms with van der Waals surface area (Å²) in [6, 6.07) is 5.35. The van der Waals surface area contributed by atoms with Crippen molar-refractivity contribution in [1.29, 1.82) is 0 Å². The minimum absolute atomic E-state index is 0.0430. The van der Waals surface area contributed by atoms with Crippen LogP contribution in [-0.2, 0) is 13.8 Å². The molecule has 0 saturated carbocycles. The fourth-order valence-corrected chi connectivity index (χ4v) is 3.42. The number of hydrogen-bond donors (Lipinski definition) is 0. The van der Waals surface area contributed by atoms with E-state index in [0.29, 0.717) is 11.1 Å². The molecule has 1 fully saturated rings. The Bertz CT molecular complexity index is 804. The van der Waals surface area contributed by atoms with Gasteiger partial charge in [-0.25, -0.2) is 8.42 Å². The standard InChI is InChI=1S/C11H8BrClN2O4S/c12-6-1-2-8-9(3-6)19-11(14-8)15-5-7(4-10(15)16)20(13,17)18/h1-3,7H,4-5H2. The maximum Gasteiger partial charge on any atom is 0.305 e. The van der Waals surface area contributed by atoms with Crippen molar-refractivity contribution in [2.45, 2.75) is 11.7 Å². The van der Waals surface area contributed by atoms with Gasteiger partial charge in [0.2, 0.25) is 15.0 Å². The van der Waals surface area contributed by atoms with Gasteiger partial charge in [0.1, 0.15) is 10.8 Å². The van der Waals surface area contributed by atoms with Crippen LogP contribution in [0.15, 0.2) is 27.1 Å². The quantitative estimate of drug-likeness (QED) is 0.748. The number of nitrogens with zero attached hydrogens (tertiary/aromatic N) is 2. The predicted octanol–water partition coefficient (Wildman–Crippen LogP) is 2.26. The van der Waals surface area contributed by atoms with Crippen LogP contribution in [0.2, 0.25) is 0 Å². The third-order valence-corrected chi connectivity index (χ3v) is 5.42. The molecule has 1 amide bonds. The SMILES string of the molecule is O=C1CC(S(=O)(=O)Cl)CN1c1nc2ccc(Br)cc2o1. The number of halogens is 2. The van der Waals surface area contributed by atoms with Gasteiger partial charge < -0.3 is 4.42 Å². The summed E-state index contributed by atoms with van der Waals surface area (Å²) >= 11 is 3.31. The van der Waals surface area contributed by atoms with Crippen molar-refractivity contribution < 1.29 is 17.6 Å². The monoisotopic (exact) mass is 378 g/mol. The Morgan fingerprint density at radius 2 is 2.20 bits per heavy atom. The van der Waals surface area contributed by atoms with Gasteiger partial charge in [-0.05, 0) is 18.2 Å². The van der Waals surface area contributed by atoms with Gasteiger partial charge in [-0.1, -0.05) is 15.9 Å². The molecule has 0 bridgehead atoms. The van der Waals surface area contributed by atoms with Gasteiger partial charge in [-0.2, -0.15) is 4.98 Å². The van der Waals surface area contributed by atoms with Gasteiger partial charge in [-0.3, -0.25) is 9.69 Å². The van der Waals surface area contributed by atoms with E-state index in [1.54, 1.807) is 18.2 Å². The molecule has 1 atom stereocenters. The zero-order valence-electron chi connectivity index (χ0n) is 9.92. The van der Waals surface area contributed by atoms with Gasteiger partial charge in [0.15, 0.2) is 5.58 Å². The van der Waals surface area contributed by atoms with E-state index in [-0.39, 0.29) is 24.9 Å². The van der Waals surface area contributed by atoms with Crippen molar-refractivity contribution in [3.05, 3.63) is 22.7 Å². The van der Waals surface area contributed by atoms with E-state index in [1.807, 2.05) is 0 Å². The molecule has 2 aromatic rings. The van der Waals surface area contributed by atoms with Crippen molar-refractivity contribution in [3.8, 4) is 0 Å². The number of fused-ring (bicyclic) bond motifs is 1. The van der Waals surface area contributed by atoms with Crippen LogP contribution in [0.1, 0.15) is 6.42 Å². The van der Waals surface area contributed by atoms with Crippen molar-refractivity contribution in [3.63, 3.8) is 0 Å². The number of benzene rings is 1. The molecule has 0 radical (unpaired) electrons. The lowest BCUT2D eigenvalue weighted by molar-refractivity contribution is -0.117. The highest BCUT2D eigenvalue weighted by Crippen LogP contribution is 2.29. The first-order chi connectivity index (χ1) is 9.34. The molecule has 1 saturated heterocycles. The number of aromatic nitrogens is 1. The molecule has 20 heavy (non-hydrogen) atoms. The van der Waals surface area contributed by atoms with Crippen LogP contribution in [0, 0.1) is 0 Å². The van der Waals surface area contributed by atoms with Gasteiger partial charge >= 0.3 is 6.01 Å². The van der Waals surface area contributed by atoms with E-state index in [2.05, 4.69) is 20.9 Å². The minimum Gasteiger partial charge on any atom is -0.423 e. The summed E-state index contributed by atoms with van der Waals surface area (Å²) < 4.78 is 28.9. The average Bonchev–Trinajstić information content (AvgIpc) is 2.90. The summed E-state index contributed by atoms with van der Waals surface area (Å²) in [7, 11) is 1.51. The van der Waals surface area contributed by atoms with Crippen molar-refractivity contribution >= 4 is 58.7 Å². The molecule has 0 N–H and O–H groups in total. The highest BCUT2D eigenvalue weighted by molar-refractivity contribution is 9.10. The number of carbonyl (C=O) groups is 1. The number of amides is 1. The molecule has 1 aromatic carbocycles. The second-order valence-corrected chi connectivity index (χ2v) is 8.24. The van der Waals surface area contributed by atoms with E-state index in [1.165, 1.54) is 4.90 Å². The van der Waals surface area contributed by atoms with Crippen LogP contribution in [0.25, 0.3) is 11.1 Å². The number of anilines is 1. The van der Waals surface area contributed by atoms with E-state index in [0.717, 1.165) is 4.47 Å². The molecule has 106 valence electrons. The highest BCUT2D eigenvalue weighted by atomic mass is 79.9. The van der Waals surface area contributed by atoms with Crippen LogP contribution in [0.5, 0.6) is 0 Å². The van der Waals surface area contributed by atoms with Crippen LogP contribution in [-0.4, -0.2) is 31.1 Å². The predicted molar refractivity (Wildman–Crippen MR) is 77.2 cm³/mol. The summed E-state index contributed by atoms with van der Waals surface area (Å²) in [6.45, 7) is -0.0430. The van der Waals surface area contributed by atoms with E-state index < -0.39 is 14.3 Å². The molecule has 2 heterocycles. The number of rotatable bonds is 2. The van der Waals surface area contributed by atoms with E-state index >= 15 is 0 Å². The molecular weight excluding hydrogens is 372 g/mol. The largest absolute Gasteiger partial charge is 0.423 e. The van der Waals surface area contributed by atoms with Gasteiger partial charge in [0.25, 0.3) is 0 Å². The summed E-state index contributed by atoms with van der Waals surface area (Å²) in [5.74, 6) is -0.371. The average molecular weight is 380 g/mol. The van der Waals surface area contributed by atoms with Crippen LogP contribution >= 0.6 is 26.6 Å². The Labute approximate surface area is 127 Å². The molecule has 1 aliphatic rings. The molecule has 1 unspecified atom stereocenters. The Morgan fingerprint density at radius 1 is 1.45 bits per heavy atom. The molecule has 3 rings (SSSR count). The third-order valence-electron chi connectivity index (χ3n) is 3.06. The fourth-order valence-electron chi connectivity index (χ4n) is 2.05. The molecule has 1 aliphatic heterocycles. The molecule has 0 aliphatic carbocycles. The topological polar surface area (TPSA) is 80.5 Å². The Morgan fingerprint density at radius 3 is 2.85 bits per heavy atom. The zero-order valence-corrected chi connectivity index (χ0v) is 13.1. The van der Waals surface area contributed by atoms with E-state index in [9.17, 15) is 13.2 Å². The summed E-state index contributed by atoms with van der Waals surface area (Å²) in [5, 5.41) is -0.932. The van der Waals surface area contributed by atoms with E-state index in [4.69, 9.17) is 15.1 Å². The Hall–Kier alpha value is -1.12. The number of oxazole rings is 1.